The van der Waals surface area contributed by atoms with E-state index in [4.69, 9.17) is 0 Å². The lowest BCUT2D eigenvalue weighted by Crippen LogP contribution is -2.13. The van der Waals surface area contributed by atoms with Crippen LogP contribution >= 0.6 is 31.9 Å². The van der Waals surface area contributed by atoms with Crippen molar-refractivity contribution in [1.29, 1.82) is 0 Å². The molecule has 4 nitrogen and oxygen atoms in total. The van der Waals surface area contributed by atoms with Crippen LogP contribution in [0.15, 0.2) is 50.2 Å². The Bertz CT molecular complexity index is 807. The van der Waals surface area contributed by atoms with Crippen LogP contribution in [0.5, 0.6) is 0 Å². The summed E-state index contributed by atoms with van der Waals surface area (Å²) in [5, 5.41) is 3.19. The number of anilines is 2. The van der Waals surface area contributed by atoms with Crippen LogP contribution < -0.4 is 10.0 Å². The lowest BCUT2D eigenvalue weighted by Gasteiger charge is -2.11. The Balaban J connectivity index is 1.93. The molecule has 0 amide bonds. The van der Waals surface area contributed by atoms with E-state index in [0.29, 0.717) is 10.2 Å². The van der Waals surface area contributed by atoms with Crippen molar-refractivity contribution in [2.24, 2.45) is 0 Å². The topological polar surface area (TPSA) is 58.2 Å². The predicted molar refractivity (Wildman–Crippen MR) is 91.3 cm³/mol. The van der Waals surface area contributed by atoms with E-state index in [-0.39, 0.29) is 4.90 Å². The Hall–Kier alpha value is -1.05. The highest BCUT2D eigenvalue weighted by Gasteiger charge is 2.19. The fourth-order valence-electron chi connectivity index (χ4n) is 2.21. The summed E-state index contributed by atoms with van der Waals surface area (Å²) in [5.74, 6) is 0. The maximum Gasteiger partial charge on any atom is 0.262 e. The van der Waals surface area contributed by atoms with E-state index in [9.17, 15) is 8.42 Å². The van der Waals surface area contributed by atoms with Gasteiger partial charge in [0.25, 0.3) is 10.0 Å². The second-order valence-electron chi connectivity index (χ2n) is 4.73. The van der Waals surface area contributed by atoms with Gasteiger partial charge in [0, 0.05) is 21.2 Å². The van der Waals surface area contributed by atoms with Crippen molar-refractivity contribution in [3.63, 3.8) is 0 Å². The highest BCUT2D eigenvalue weighted by molar-refractivity contribution is 9.11. The number of nitrogens with one attached hydrogen (secondary N) is 2. The molecule has 3 rings (SSSR count). The summed E-state index contributed by atoms with van der Waals surface area (Å²) in [7, 11) is -3.61. The van der Waals surface area contributed by atoms with Gasteiger partial charge in [0.2, 0.25) is 0 Å². The number of fused-ring (bicyclic) bond motifs is 1. The molecule has 2 aromatic rings. The van der Waals surface area contributed by atoms with Gasteiger partial charge in [-0.25, -0.2) is 8.42 Å². The molecule has 2 aromatic carbocycles. The van der Waals surface area contributed by atoms with E-state index in [0.717, 1.165) is 28.7 Å². The van der Waals surface area contributed by atoms with E-state index in [1.54, 1.807) is 30.3 Å². The van der Waals surface area contributed by atoms with E-state index in [2.05, 4.69) is 41.9 Å². The average molecular weight is 432 g/mol. The lowest BCUT2D eigenvalue weighted by atomic mass is 10.2. The third-order valence-corrected chi connectivity index (χ3v) is 5.79. The zero-order valence-corrected chi connectivity index (χ0v) is 14.8. The van der Waals surface area contributed by atoms with Gasteiger partial charge >= 0.3 is 0 Å². The molecule has 0 saturated heterocycles. The van der Waals surface area contributed by atoms with Gasteiger partial charge in [-0.05, 0) is 58.2 Å². The van der Waals surface area contributed by atoms with Crippen LogP contribution in [-0.4, -0.2) is 15.0 Å². The zero-order valence-electron chi connectivity index (χ0n) is 10.9. The summed E-state index contributed by atoms with van der Waals surface area (Å²) >= 11 is 6.69. The molecule has 0 bridgehead atoms. The molecule has 110 valence electrons. The summed E-state index contributed by atoms with van der Waals surface area (Å²) in [6, 6.07) is 10.5. The minimum Gasteiger partial charge on any atom is -0.384 e. The van der Waals surface area contributed by atoms with Gasteiger partial charge in [0.05, 0.1) is 10.6 Å². The zero-order chi connectivity index (χ0) is 15.0. The van der Waals surface area contributed by atoms with Crippen LogP contribution in [-0.2, 0) is 16.4 Å². The molecule has 0 radical (unpaired) electrons. The molecular weight excluding hydrogens is 420 g/mol. The van der Waals surface area contributed by atoms with E-state index in [1.807, 2.05) is 6.07 Å². The lowest BCUT2D eigenvalue weighted by molar-refractivity contribution is 0.601. The van der Waals surface area contributed by atoms with Crippen molar-refractivity contribution in [3.05, 3.63) is 50.9 Å². The Morgan fingerprint density at radius 2 is 1.90 bits per heavy atom. The van der Waals surface area contributed by atoms with Crippen LogP contribution in [0.3, 0.4) is 0 Å². The summed E-state index contributed by atoms with van der Waals surface area (Å²) in [4.78, 5) is 0.255. The van der Waals surface area contributed by atoms with Crippen LogP contribution in [0.4, 0.5) is 11.4 Å². The minimum absolute atomic E-state index is 0.255. The van der Waals surface area contributed by atoms with Crippen molar-refractivity contribution < 1.29 is 8.42 Å². The van der Waals surface area contributed by atoms with E-state index in [1.165, 1.54) is 0 Å². The second kappa shape index (κ2) is 5.62. The molecule has 21 heavy (non-hydrogen) atoms. The predicted octanol–water partition coefficient (Wildman–Crippen LogP) is 3.98. The standard InChI is InChI=1S/C14H12Br2N2O2S/c15-10-2-4-13(12(16)7-10)18-21(19,20)11-3-1-9-5-6-17-14(9)8-11/h1-4,7-8,17-18H,5-6H2. The molecule has 1 heterocycles. The van der Waals surface area contributed by atoms with Crippen molar-refractivity contribution in [2.45, 2.75) is 11.3 Å². The first-order valence-electron chi connectivity index (χ1n) is 6.30. The molecule has 1 aliphatic heterocycles. The molecule has 0 saturated carbocycles. The minimum atomic E-state index is -3.61. The van der Waals surface area contributed by atoms with Gasteiger partial charge in [-0.2, -0.15) is 0 Å². The van der Waals surface area contributed by atoms with E-state index < -0.39 is 10.0 Å². The summed E-state index contributed by atoms with van der Waals surface area (Å²) in [6.07, 6.45) is 0.932. The quantitative estimate of drug-likeness (QED) is 0.772. The maximum atomic E-state index is 12.5. The first-order valence-corrected chi connectivity index (χ1v) is 9.37. The normalized spacial score (nSPS) is 13.6. The third kappa shape index (κ3) is 3.09. The fourth-order valence-corrected chi connectivity index (χ4v) is 4.60. The first-order chi connectivity index (χ1) is 9.95. The average Bonchev–Trinajstić information content (AvgIpc) is 2.89. The smallest absolute Gasteiger partial charge is 0.262 e. The Kier molecular flexibility index (Phi) is 3.98. The summed E-state index contributed by atoms with van der Waals surface area (Å²) in [5.41, 5.74) is 2.55. The van der Waals surface area contributed by atoms with Crippen LogP contribution in [0, 0.1) is 0 Å². The number of hydrogen-bond acceptors (Lipinski definition) is 3. The van der Waals surface area contributed by atoms with Gasteiger partial charge in [-0.3, -0.25) is 4.72 Å². The molecule has 7 heteroatoms. The maximum absolute atomic E-state index is 12.5. The van der Waals surface area contributed by atoms with E-state index >= 15 is 0 Å². The number of sulfonamides is 1. The molecule has 0 aliphatic carbocycles. The Morgan fingerprint density at radius 1 is 1.10 bits per heavy atom. The van der Waals surface area contributed by atoms with Crippen molar-refractivity contribution in [1.82, 2.24) is 0 Å². The van der Waals surface area contributed by atoms with Gasteiger partial charge in [-0.15, -0.1) is 0 Å². The van der Waals surface area contributed by atoms with Crippen molar-refractivity contribution >= 4 is 53.3 Å². The van der Waals surface area contributed by atoms with Crippen molar-refractivity contribution in [2.75, 3.05) is 16.6 Å². The fraction of sp³-hybridized carbons (Fsp3) is 0.143. The van der Waals surface area contributed by atoms with Gasteiger partial charge < -0.3 is 5.32 Å². The monoisotopic (exact) mass is 430 g/mol. The van der Waals surface area contributed by atoms with Crippen molar-refractivity contribution in [3.8, 4) is 0 Å². The number of halogens is 2. The second-order valence-corrected chi connectivity index (χ2v) is 8.18. The largest absolute Gasteiger partial charge is 0.384 e. The molecule has 0 aromatic heterocycles. The van der Waals surface area contributed by atoms with Gasteiger partial charge in [-0.1, -0.05) is 22.0 Å². The number of hydrogen-bond donors (Lipinski definition) is 2. The molecular formula is C14H12Br2N2O2S. The molecule has 2 N–H and O–H groups in total. The number of benzene rings is 2. The molecule has 0 spiro atoms. The van der Waals surface area contributed by atoms with Crippen LogP contribution in [0.2, 0.25) is 0 Å². The van der Waals surface area contributed by atoms with Gasteiger partial charge in [0.15, 0.2) is 0 Å². The summed E-state index contributed by atoms with van der Waals surface area (Å²) < 4.78 is 29.1. The first kappa shape index (κ1) is 14.9. The summed E-state index contributed by atoms with van der Waals surface area (Å²) in [6.45, 7) is 0.852. The molecule has 0 fully saturated rings. The SMILES string of the molecule is O=S(=O)(Nc1ccc(Br)cc1Br)c1ccc2c(c1)NCC2. The Morgan fingerprint density at radius 3 is 2.67 bits per heavy atom. The molecule has 1 aliphatic rings. The van der Waals surface area contributed by atoms with Gasteiger partial charge in [0.1, 0.15) is 0 Å². The number of rotatable bonds is 3. The molecule has 0 unspecified atom stereocenters. The highest BCUT2D eigenvalue weighted by atomic mass is 79.9. The third-order valence-electron chi connectivity index (χ3n) is 3.28. The Labute approximate surface area is 140 Å². The van der Waals surface area contributed by atoms with Crippen LogP contribution in [0.25, 0.3) is 0 Å². The van der Waals surface area contributed by atoms with Crippen LogP contribution in [0.1, 0.15) is 5.56 Å². The highest BCUT2D eigenvalue weighted by Crippen LogP contribution is 2.30. The molecule has 0 atom stereocenters.